The summed E-state index contributed by atoms with van der Waals surface area (Å²) in [7, 11) is 1.59. The van der Waals surface area contributed by atoms with Crippen molar-refractivity contribution in [1.82, 2.24) is 14.9 Å². The lowest BCUT2D eigenvalue weighted by Crippen LogP contribution is -2.41. The molecule has 1 N–H and O–H groups in total. The van der Waals surface area contributed by atoms with E-state index in [1.165, 1.54) is 0 Å². The molecule has 7 heteroatoms. The van der Waals surface area contributed by atoms with Crippen LogP contribution < -0.4 is 4.74 Å². The second-order valence-corrected chi connectivity index (χ2v) is 9.01. The number of carboxylic acid groups (broad SMARTS) is 1. The Kier molecular flexibility index (Phi) is 8.27. The molecule has 0 radical (unpaired) electrons. The Bertz CT molecular complexity index is 1210. The molecule has 1 fully saturated rings. The number of likely N-dealkylation sites (tertiary alicyclic amines) is 1. The SMILES string of the molecule is COc1ccc2nccc([C@@H](F)CC[C@@H]3CCN(CC#Cc4cccnc4)C[C@@H]3CC(=O)O)c2c1. The van der Waals surface area contributed by atoms with Gasteiger partial charge in [-0.25, -0.2) is 4.39 Å². The zero-order valence-electron chi connectivity index (χ0n) is 19.9. The summed E-state index contributed by atoms with van der Waals surface area (Å²) in [5.74, 6) is 6.27. The van der Waals surface area contributed by atoms with Crippen LogP contribution in [-0.4, -0.2) is 52.7 Å². The molecule has 0 aliphatic carbocycles. The predicted octanol–water partition coefficient (Wildman–Crippen LogP) is 4.89. The van der Waals surface area contributed by atoms with Crippen molar-refractivity contribution < 1.29 is 19.0 Å². The van der Waals surface area contributed by atoms with Gasteiger partial charge in [0, 0.05) is 42.5 Å². The molecule has 3 atom stereocenters. The third-order valence-corrected chi connectivity index (χ3v) is 6.72. The summed E-state index contributed by atoms with van der Waals surface area (Å²) in [6, 6.07) is 11.0. The summed E-state index contributed by atoms with van der Waals surface area (Å²) in [6.07, 6.45) is 5.83. The highest BCUT2D eigenvalue weighted by atomic mass is 19.1. The number of halogens is 1. The van der Waals surface area contributed by atoms with Crippen LogP contribution in [0.15, 0.2) is 55.0 Å². The lowest BCUT2D eigenvalue weighted by molar-refractivity contribution is -0.139. The molecule has 0 amide bonds. The van der Waals surface area contributed by atoms with E-state index in [0.29, 0.717) is 37.2 Å². The lowest BCUT2D eigenvalue weighted by atomic mass is 9.79. The molecule has 1 saturated heterocycles. The van der Waals surface area contributed by atoms with Gasteiger partial charge in [-0.3, -0.25) is 19.7 Å². The molecule has 0 spiro atoms. The number of rotatable bonds is 8. The Labute approximate surface area is 205 Å². The van der Waals surface area contributed by atoms with Gasteiger partial charge in [0.15, 0.2) is 0 Å². The number of aliphatic carboxylic acids is 1. The molecule has 1 aromatic carbocycles. The molecule has 0 bridgehead atoms. The van der Waals surface area contributed by atoms with Gasteiger partial charge in [-0.05, 0) is 79.6 Å². The fraction of sp³-hybridized carbons (Fsp3) is 0.393. The minimum Gasteiger partial charge on any atom is -0.497 e. The molecule has 6 nitrogen and oxygen atoms in total. The summed E-state index contributed by atoms with van der Waals surface area (Å²) in [5, 5.41) is 10.2. The van der Waals surface area contributed by atoms with Gasteiger partial charge >= 0.3 is 5.97 Å². The summed E-state index contributed by atoms with van der Waals surface area (Å²) in [6.45, 7) is 2.06. The molecule has 2 aromatic heterocycles. The number of nitrogens with zero attached hydrogens (tertiary/aromatic N) is 3. The summed E-state index contributed by atoms with van der Waals surface area (Å²) in [4.78, 5) is 22.1. The van der Waals surface area contributed by atoms with Crippen molar-refractivity contribution in [2.24, 2.45) is 11.8 Å². The maximum absolute atomic E-state index is 15.4. The van der Waals surface area contributed by atoms with Crippen molar-refractivity contribution in [3.8, 4) is 17.6 Å². The molecule has 0 unspecified atom stereocenters. The highest BCUT2D eigenvalue weighted by Gasteiger charge is 2.31. The fourth-order valence-corrected chi connectivity index (χ4v) is 4.89. The standard InChI is InChI=1S/C28H30FN3O3/c1-35-23-7-9-27-25(17-23)24(10-13-31-27)26(29)8-6-21-11-15-32(19-22(21)16-28(33)34)14-3-5-20-4-2-12-30-18-20/h2,4,7,9-10,12-13,17-18,21-22,26H,6,8,11,14-16,19H2,1H3,(H,33,34)/t21-,22+,26+/m1/s1. The minimum atomic E-state index is -1.15. The molecule has 35 heavy (non-hydrogen) atoms. The summed E-state index contributed by atoms with van der Waals surface area (Å²) < 4.78 is 20.7. The Balaban J connectivity index is 1.39. The van der Waals surface area contributed by atoms with Gasteiger partial charge in [0.05, 0.1) is 19.2 Å². The molecule has 182 valence electrons. The Hall–Kier alpha value is -3.50. The fourth-order valence-electron chi connectivity index (χ4n) is 4.89. The number of methoxy groups -OCH3 is 1. The van der Waals surface area contributed by atoms with Crippen molar-refractivity contribution in [3.05, 3.63) is 66.1 Å². The predicted molar refractivity (Wildman–Crippen MR) is 133 cm³/mol. The minimum absolute atomic E-state index is 0.0251. The van der Waals surface area contributed by atoms with E-state index >= 15 is 4.39 Å². The first-order valence-electron chi connectivity index (χ1n) is 11.9. The highest BCUT2D eigenvalue weighted by Crippen LogP contribution is 2.36. The molecule has 4 rings (SSSR count). The number of alkyl halides is 1. The first-order valence-corrected chi connectivity index (χ1v) is 11.9. The van der Waals surface area contributed by atoms with Crippen LogP contribution in [0.3, 0.4) is 0 Å². The molecular formula is C28H30FN3O3. The number of benzene rings is 1. The topological polar surface area (TPSA) is 75.5 Å². The molecule has 3 aromatic rings. The Morgan fingerprint density at radius 2 is 2.17 bits per heavy atom. The van der Waals surface area contributed by atoms with Crippen LogP contribution >= 0.6 is 0 Å². The average molecular weight is 476 g/mol. The number of pyridine rings is 2. The van der Waals surface area contributed by atoms with Crippen LogP contribution in [0.1, 0.15) is 43.0 Å². The van der Waals surface area contributed by atoms with E-state index in [1.807, 2.05) is 30.3 Å². The highest BCUT2D eigenvalue weighted by molar-refractivity contribution is 5.83. The van der Waals surface area contributed by atoms with Crippen molar-refractivity contribution in [3.63, 3.8) is 0 Å². The van der Waals surface area contributed by atoms with Crippen LogP contribution in [0, 0.1) is 23.7 Å². The second-order valence-electron chi connectivity index (χ2n) is 9.01. The average Bonchev–Trinajstić information content (AvgIpc) is 2.87. The number of hydrogen-bond acceptors (Lipinski definition) is 5. The quantitative estimate of drug-likeness (QED) is 0.468. The second kappa shape index (κ2) is 11.8. The van der Waals surface area contributed by atoms with Gasteiger partial charge in [-0.2, -0.15) is 0 Å². The monoisotopic (exact) mass is 475 g/mol. The number of fused-ring (bicyclic) bond motifs is 1. The van der Waals surface area contributed by atoms with Crippen LogP contribution in [0.25, 0.3) is 10.9 Å². The normalized spacial score (nSPS) is 19.0. The Morgan fingerprint density at radius 3 is 2.94 bits per heavy atom. The smallest absolute Gasteiger partial charge is 0.303 e. The van der Waals surface area contributed by atoms with E-state index in [9.17, 15) is 9.90 Å². The van der Waals surface area contributed by atoms with Gasteiger partial charge in [0.25, 0.3) is 0 Å². The van der Waals surface area contributed by atoms with Crippen molar-refractivity contribution in [1.29, 1.82) is 0 Å². The molecule has 3 heterocycles. The van der Waals surface area contributed by atoms with Gasteiger partial charge in [0.2, 0.25) is 0 Å². The first kappa shape index (κ1) is 24.6. The maximum atomic E-state index is 15.4. The number of aromatic nitrogens is 2. The molecular weight excluding hydrogens is 445 g/mol. The van der Waals surface area contributed by atoms with Crippen LogP contribution in [-0.2, 0) is 4.79 Å². The lowest BCUT2D eigenvalue weighted by Gasteiger charge is -2.37. The van der Waals surface area contributed by atoms with E-state index in [-0.39, 0.29) is 18.3 Å². The van der Waals surface area contributed by atoms with Crippen LogP contribution in [0.4, 0.5) is 4.39 Å². The number of ether oxygens (including phenoxy) is 1. The Morgan fingerprint density at radius 1 is 1.29 bits per heavy atom. The van der Waals surface area contributed by atoms with Gasteiger partial charge in [-0.15, -0.1) is 0 Å². The molecule has 0 saturated carbocycles. The van der Waals surface area contributed by atoms with E-state index < -0.39 is 12.1 Å². The van der Waals surface area contributed by atoms with E-state index in [1.54, 1.807) is 31.8 Å². The third kappa shape index (κ3) is 6.55. The third-order valence-electron chi connectivity index (χ3n) is 6.72. The van der Waals surface area contributed by atoms with Crippen molar-refractivity contribution in [2.45, 2.75) is 31.9 Å². The molecule has 1 aliphatic heterocycles. The van der Waals surface area contributed by atoms with Gasteiger partial charge in [-0.1, -0.05) is 11.8 Å². The maximum Gasteiger partial charge on any atom is 0.303 e. The zero-order valence-corrected chi connectivity index (χ0v) is 19.9. The van der Waals surface area contributed by atoms with Crippen molar-refractivity contribution >= 4 is 16.9 Å². The molecule has 1 aliphatic rings. The van der Waals surface area contributed by atoms with Crippen LogP contribution in [0.2, 0.25) is 0 Å². The first-order chi connectivity index (χ1) is 17.0. The largest absolute Gasteiger partial charge is 0.497 e. The number of piperidine rings is 1. The summed E-state index contributed by atoms with van der Waals surface area (Å²) in [5.41, 5.74) is 2.20. The zero-order chi connectivity index (χ0) is 24.6. The van der Waals surface area contributed by atoms with Crippen LogP contribution in [0.5, 0.6) is 5.75 Å². The van der Waals surface area contributed by atoms with Gasteiger partial charge in [0.1, 0.15) is 11.9 Å². The van der Waals surface area contributed by atoms with E-state index in [4.69, 9.17) is 4.74 Å². The van der Waals surface area contributed by atoms with Crippen molar-refractivity contribution in [2.75, 3.05) is 26.7 Å². The number of carbonyl (C=O) groups is 1. The number of carboxylic acids is 1. The summed E-state index contributed by atoms with van der Waals surface area (Å²) >= 11 is 0. The number of hydrogen-bond donors (Lipinski definition) is 1. The van der Waals surface area contributed by atoms with Gasteiger partial charge < -0.3 is 9.84 Å². The van der Waals surface area contributed by atoms with E-state index in [2.05, 4.69) is 26.7 Å². The van der Waals surface area contributed by atoms with E-state index in [0.717, 1.165) is 29.4 Å².